The lowest BCUT2D eigenvalue weighted by atomic mass is 10.1. The predicted molar refractivity (Wildman–Crippen MR) is 70.4 cm³/mol. The zero-order valence-electron chi connectivity index (χ0n) is 11.0. The number of benzene rings is 1. The monoisotopic (exact) mass is 261 g/mol. The minimum absolute atomic E-state index is 0.188. The molecule has 0 aliphatic carbocycles. The number of halogens is 1. The lowest BCUT2D eigenvalue weighted by molar-refractivity contribution is 0.0954. The maximum atomic E-state index is 13.1. The summed E-state index contributed by atoms with van der Waals surface area (Å²) >= 11 is 0. The topological polar surface area (TPSA) is 46.9 Å². The second kappa shape index (κ2) is 5.65. The van der Waals surface area contributed by atoms with E-state index >= 15 is 0 Å². The summed E-state index contributed by atoms with van der Waals surface area (Å²) in [6.07, 6.45) is 4.40. The Morgan fingerprint density at radius 2 is 2.26 bits per heavy atom. The summed E-state index contributed by atoms with van der Waals surface area (Å²) < 4.78 is 14.8. The SMILES string of the molecule is Cc1cc(C(=O)NCCc2cnn(C)c2)ccc1F. The summed E-state index contributed by atoms with van der Waals surface area (Å²) in [6, 6.07) is 4.35. The summed E-state index contributed by atoms with van der Waals surface area (Å²) in [6.45, 7) is 2.17. The predicted octanol–water partition coefficient (Wildman–Crippen LogP) is 1.84. The summed E-state index contributed by atoms with van der Waals surface area (Å²) in [5, 5.41) is 6.86. The highest BCUT2D eigenvalue weighted by molar-refractivity contribution is 5.94. The Hall–Kier alpha value is -2.17. The zero-order chi connectivity index (χ0) is 13.8. The Kier molecular flexibility index (Phi) is 3.94. The molecule has 1 aromatic carbocycles. The van der Waals surface area contributed by atoms with Gasteiger partial charge in [-0.1, -0.05) is 0 Å². The first-order valence-corrected chi connectivity index (χ1v) is 6.08. The highest BCUT2D eigenvalue weighted by Gasteiger charge is 2.07. The van der Waals surface area contributed by atoms with Crippen molar-refractivity contribution in [3.63, 3.8) is 0 Å². The number of nitrogens with zero attached hydrogens (tertiary/aromatic N) is 2. The molecule has 4 nitrogen and oxygen atoms in total. The van der Waals surface area contributed by atoms with Crippen molar-refractivity contribution in [1.29, 1.82) is 0 Å². The van der Waals surface area contributed by atoms with Crippen LogP contribution in [0, 0.1) is 12.7 Å². The molecule has 0 saturated carbocycles. The van der Waals surface area contributed by atoms with Gasteiger partial charge in [-0.15, -0.1) is 0 Å². The van der Waals surface area contributed by atoms with Gasteiger partial charge in [0.2, 0.25) is 0 Å². The molecule has 2 aromatic rings. The van der Waals surface area contributed by atoms with Crippen LogP contribution in [0.5, 0.6) is 0 Å². The number of rotatable bonds is 4. The van der Waals surface area contributed by atoms with Gasteiger partial charge >= 0.3 is 0 Å². The molecule has 0 spiro atoms. The smallest absolute Gasteiger partial charge is 0.251 e. The van der Waals surface area contributed by atoms with Crippen molar-refractivity contribution >= 4 is 5.91 Å². The Morgan fingerprint density at radius 3 is 2.89 bits per heavy atom. The molecule has 19 heavy (non-hydrogen) atoms. The van der Waals surface area contributed by atoms with Gasteiger partial charge in [0.25, 0.3) is 5.91 Å². The van der Waals surface area contributed by atoms with Crippen LogP contribution in [0.3, 0.4) is 0 Å². The van der Waals surface area contributed by atoms with Crippen LogP contribution in [0.1, 0.15) is 21.5 Å². The molecule has 1 heterocycles. The van der Waals surface area contributed by atoms with E-state index in [1.54, 1.807) is 23.9 Å². The van der Waals surface area contributed by atoms with Crippen molar-refractivity contribution in [2.24, 2.45) is 7.05 Å². The Labute approximate surface area is 111 Å². The fourth-order valence-electron chi connectivity index (χ4n) is 1.81. The van der Waals surface area contributed by atoms with E-state index in [4.69, 9.17) is 0 Å². The molecule has 0 atom stereocenters. The number of hydrogen-bond donors (Lipinski definition) is 1. The van der Waals surface area contributed by atoms with E-state index in [9.17, 15) is 9.18 Å². The van der Waals surface area contributed by atoms with Gasteiger partial charge in [-0.05, 0) is 42.7 Å². The highest BCUT2D eigenvalue weighted by Crippen LogP contribution is 2.09. The molecule has 100 valence electrons. The van der Waals surface area contributed by atoms with E-state index in [1.807, 2.05) is 13.2 Å². The number of aryl methyl sites for hydroxylation is 2. The second-order valence-corrected chi connectivity index (χ2v) is 4.49. The normalized spacial score (nSPS) is 10.5. The lowest BCUT2D eigenvalue weighted by Gasteiger charge is -2.05. The van der Waals surface area contributed by atoms with Crippen LogP contribution in [0.25, 0.3) is 0 Å². The van der Waals surface area contributed by atoms with Gasteiger partial charge in [0.1, 0.15) is 5.82 Å². The number of carbonyl (C=O) groups is 1. The Balaban J connectivity index is 1.89. The van der Waals surface area contributed by atoms with Crippen molar-refractivity contribution in [2.75, 3.05) is 6.54 Å². The van der Waals surface area contributed by atoms with Crippen molar-refractivity contribution in [3.05, 3.63) is 53.1 Å². The number of amides is 1. The van der Waals surface area contributed by atoms with Crippen LogP contribution in [0.4, 0.5) is 4.39 Å². The fourth-order valence-corrected chi connectivity index (χ4v) is 1.81. The number of aromatic nitrogens is 2. The summed E-state index contributed by atoms with van der Waals surface area (Å²) in [7, 11) is 1.85. The minimum atomic E-state index is -0.299. The van der Waals surface area contributed by atoms with Gasteiger partial charge in [0.15, 0.2) is 0 Å². The lowest BCUT2D eigenvalue weighted by Crippen LogP contribution is -2.25. The first-order valence-electron chi connectivity index (χ1n) is 6.08. The van der Waals surface area contributed by atoms with Crippen LogP contribution in [0.15, 0.2) is 30.6 Å². The third-order valence-electron chi connectivity index (χ3n) is 2.88. The van der Waals surface area contributed by atoms with Gasteiger partial charge in [0, 0.05) is 25.4 Å². The van der Waals surface area contributed by atoms with Gasteiger partial charge in [-0.25, -0.2) is 4.39 Å². The highest BCUT2D eigenvalue weighted by atomic mass is 19.1. The van der Waals surface area contributed by atoms with Crippen molar-refractivity contribution in [1.82, 2.24) is 15.1 Å². The van der Waals surface area contributed by atoms with E-state index in [0.29, 0.717) is 17.7 Å². The van der Waals surface area contributed by atoms with Crippen LogP contribution < -0.4 is 5.32 Å². The molecule has 1 amide bonds. The summed E-state index contributed by atoms with van der Waals surface area (Å²) in [4.78, 5) is 11.8. The van der Waals surface area contributed by atoms with Crippen LogP contribution >= 0.6 is 0 Å². The first-order chi connectivity index (χ1) is 9.06. The quantitative estimate of drug-likeness (QED) is 0.913. The summed E-state index contributed by atoms with van der Waals surface area (Å²) in [5.41, 5.74) is 2.02. The number of nitrogens with one attached hydrogen (secondary N) is 1. The van der Waals surface area contributed by atoms with Gasteiger partial charge < -0.3 is 5.32 Å². The van der Waals surface area contributed by atoms with Crippen LogP contribution in [0.2, 0.25) is 0 Å². The van der Waals surface area contributed by atoms with Gasteiger partial charge in [0.05, 0.1) is 6.20 Å². The molecule has 0 bridgehead atoms. The zero-order valence-corrected chi connectivity index (χ0v) is 11.0. The summed E-state index contributed by atoms with van der Waals surface area (Å²) in [5.74, 6) is -0.487. The average molecular weight is 261 g/mol. The molecule has 0 radical (unpaired) electrons. The molecule has 0 saturated heterocycles. The molecule has 5 heteroatoms. The van der Waals surface area contributed by atoms with Crippen LogP contribution in [-0.2, 0) is 13.5 Å². The maximum absolute atomic E-state index is 13.1. The van der Waals surface area contributed by atoms with Crippen LogP contribution in [-0.4, -0.2) is 22.2 Å². The number of carbonyl (C=O) groups excluding carboxylic acids is 1. The molecule has 0 aliphatic rings. The van der Waals surface area contributed by atoms with E-state index in [1.165, 1.54) is 12.1 Å². The second-order valence-electron chi connectivity index (χ2n) is 4.49. The largest absolute Gasteiger partial charge is 0.352 e. The molecule has 1 aromatic heterocycles. The van der Waals surface area contributed by atoms with E-state index < -0.39 is 0 Å². The molecule has 2 rings (SSSR count). The number of hydrogen-bond acceptors (Lipinski definition) is 2. The third-order valence-corrected chi connectivity index (χ3v) is 2.88. The third kappa shape index (κ3) is 3.40. The van der Waals surface area contributed by atoms with Crippen molar-refractivity contribution < 1.29 is 9.18 Å². The van der Waals surface area contributed by atoms with Gasteiger partial charge in [-0.3, -0.25) is 9.48 Å². The van der Waals surface area contributed by atoms with Crippen molar-refractivity contribution in [2.45, 2.75) is 13.3 Å². The van der Waals surface area contributed by atoms with Crippen molar-refractivity contribution in [3.8, 4) is 0 Å². The van der Waals surface area contributed by atoms with Gasteiger partial charge in [-0.2, -0.15) is 5.10 Å². The van der Waals surface area contributed by atoms with E-state index in [-0.39, 0.29) is 11.7 Å². The average Bonchev–Trinajstić information content (AvgIpc) is 2.78. The maximum Gasteiger partial charge on any atom is 0.251 e. The molecular formula is C14H16FN3O. The molecule has 0 unspecified atom stereocenters. The van der Waals surface area contributed by atoms with E-state index in [0.717, 1.165) is 12.0 Å². The fraction of sp³-hybridized carbons (Fsp3) is 0.286. The van der Waals surface area contributed by atoms with E-state index in [2.05, 4.69) is 10.4 Å². The molecular weight excluding hydrogens is 245 g/mol. The first kappa shape index (κ1) is 13.3. The minimum Gasteiger partial charge on any atom is -0.352 e. The Morgan fingerprint density at radius 1 is 1.47 bits per heavy atom. The molecule has 1 N–H and O–H groups in total. The molecule has 0 aliphatic heterocycles. The standard InChI is InChI=1S/C14H16FN3O/c1-10-7-12(3-4-13(10)15)14(19)16-6-5-11-8-17-18(2)9-11/h3-4,7-9H,5-6H2,1-2H3,(H,16,19). The molecule has 0 fully saturated rings. The Bertz CT molecular complexity index is 592.